The van der Waals surface area contributed by atoms with Gasteiger partial charge < -0.3 is 15.0 Å². The van der Waals surface area contributed by atoms with Crippen molar-refractivity contribution in [3.05, 3.63) is 108 Å². The lowest BCUT2D eigenvalue weighted by Gasteiger charge is -2.17. The van der Waals surface area contributed by atoms with Crippen molar-refractivity contribution < 1.29 is 14.3 Å². The summed E-state index contributed by atoms with van der Waals surface area (Å²) in [6.07, 6.45) is 1.30. The fraction of sp³-hybridized carbons (Fsp3) is 0.148. The van der Waals surface area contributed by atoms with E-state index in [1.807, 2.05) is 102 Å². The number of ether oxygens (including phenoxy) is 1. The molecular formula is C27H26N4O3. The summed E-state index contributed by atoms with van der Waals surface area (Å²) in [4.78, 5) is 26.2. The van der Waals surface area contributed by atoms with E-state index in [4.69, 9.17) is 9.84 Å². The number of amides is 2. The second-order valence-electron chi connectivity index (χ2n) is 7.81. The molecule has 0 fully saturated rings. The molecule has 0 unspecified atom stereocenters. The van der Waals surface area contributed by atoms with Crippen molar-refractivity contribution in [3.8, 4) is 16.9 Å². The maximum absolute atomic E-state index is 12.7. The van der Waals surface area contributed by atoms with Crippen LogP contribution in [0, 0.1) is 0 Å². The monoisotopic (exact) mass is 454 g/mol. The van der Waals surface area contributed by atoms with Gasteiger partial charge in [0.25, 0.3) is 0 Å². The highest BCUT2D eigenvalue weighted by atomic mass is 16.5. The molecule has 0 spiro atoms. The van der Waals surface area contributed by atoms with E-state index < -0.39 is 6.09 Å². The number of carbonyl (C=O) groups is 2. The number of carbonyl (C=O) groups excluding carboxylic acids is 2. The Morgan fingerprint density at radius 2 is 1.53 bits per heavy atom. The number of aromatic nitrogens is 2. The second-order valence-corrected chi connectivity index (χ2v) is 7.81. The van der Waals surface area contributed by atoms with Gasteiger partial charge in [-0.3, -0.25) is 4.79 Å². The van der Waals surface area contributed by atoms with Gasteiger partial charge in [-0.05, 0) is 17.7 Å². The SMILES string of the molecule is CN(Cc1cn(-c2ccccc2)nc1-c1ccccc1)C(=O)CNC(=O)OCc1ccccc1. The summed E-state index contributed by atoms with van der Waals surface area (Å²) in [6, 6.07) is 29.1. The predicted octanol–water partition coefficient (Wildman–Crippen LogP) is 4.42. The third kappa shape index (κ3) is 5.89. The molecule has 7 nitrogen and oxygen atoms in total. The molecule has 34 heavy (non-hydrogen) atoms. The fourth-order valence-corrected chi connectivity index (χ4v) is 3.48. The van der Waals surface area contributed by atoms with Crippen molar-refractivity contribution in [1.29, 1.82) is 0 Å². The zero-order valence-corrected chi connectivity index (χ0v) is 18.9. The summed E-state index contributed by atoms with van der Waals surface area (Å²) in [6.45, 7) is 0.337. The van der Waals surface area contributed by atoms with Gasteiger partial charge in [0.05, 0.1) is 11.4 Å². The first-order valence-corrected chi connectivity index (χ1v) is 11.0. The highest BCUT2D eigenvalue weighted by Crippen LogP contribution is 2.24. The maximum Gasteiger partial charge on any atom is 0.407 e. The molecule has 0 aliphatic heterocycles. The number of nitrogens with one attached hydrogen (secondary N) is 1. The van der Waals surface area contributed by atoms with Crippen molar-refractivity contribution in [2.75, 3.05) is 13.6 Å². The van der Waals surface area contributed by atoms with E-state index in [-0.39, 0.29) is 19.1 Å². The fourth-order valence-electron chi connectivity index (χ4n) is 3.48. The van der Waals surface area contributed by atoms with E-state index in [1.54, 1.807) is 11.9 Å². The number of hydrogen-bond donors (Lipinski definition) is 1. The lowest BCUT2D eigenvalue weighted by atomic mass is 10.1. The Balaban J connectivity index is 1.40. The van der Waals surface area contributed by atoms with Crippen LogP contribution in [0.2, 0.25) is 0 Å². The Morgan fingerprint density at radius 3 is 2.21 bits per heavy atom. The third-order valence-electron chi connectivity index (χ3n) is 5.29. The van der Waals surface area contributed by atoms with Crippen LogP contribution in [0.3, 0.4) is 0 Å². The van der Waals surface area contributed by atoms with Gasteiger partial charge in [-0.2, -0.15) is 5.10 Å². The summed E-state index contributed by atoms with van der Waals surface area (Å²) in [5.41, 5.74) is 4.49. The maximum atomic E-state index is 12.7. The van der Waals surface area contributed by atoms with Crippen LogP contribution in [-0.4, -0.2) is 40.3 Å². The van der Waals surface area contributed by atoms with Gasteiger partial charge in [0.2, 0.25) is 5.91 Å². The molecule has 0 bridgehead atoms. The summed E-state index contributed by atoms with van der Waals surface area (Å²) in [5.74, 6) is -0.233. The normalized spacial score (nSPS) is 10.5. The molecule has 1 heterocycles. The highest BCUT2D eigenvalue weighted by molar-refractivity contribution is 5.82. The van der Waals surface area contributed by atoms with Crippen molar-refractivity contribution in [2.45, 2.75) is 13.2 Å². The molecule has 1 aromatic heterocycles. The summed E-state index contributed by atoms with van der Waals surface area (Å²) >= 11 is 0. The minimum atomic E-state index is -0.632. The van der Waals surface area contributed by atoms with Crippen LogP contribution >= 0.6 is 0 Å². The van der Waals surface area contributed by atoms with Crippen LogP contribution in [0.1, 0.15) is 11.1 Å². The molecule has 172 valence electrons. The molecule has 7 heteroatoms. The number of alkyl carbamates (subject to hydrolysis) is 1. The molecule has 2 amide bonds. The molecule has 0 saturated heterocycles. The Bertz CT molecular complexity index is 1220. The molecule has 4 rings (SSSR count). The number of para-hydroxylation sites is 1. The van der Waals surface area contributed by atoms with Gasteiger partial charge in [0.1, 0.15) is 13.2 Å². The zero-order valence-electron chi connectivity index (χ0n) is 18.9. The van der Waals surface area contributed by atoms with Crippen molar-refractivity contribution in [2.24, 2.45) is 0 Å². The second kappa shape index (κ2) is 11.0. The van der Waals surface area contributed by atoms with Crippen LogP contribution in [0.4, 0.5) is 4.79 Å². The summed E-state index contributed by atoms with van der Waals surface area (Å²) in [7, 11) is 1.70. The van der Waals surface area contributed by atoms with Gasteiger partial charge in [-0.1, -0.05) is 78.9 Å². The highest BCUT2D eigenvalue weighted by Gasteiger charge is 2.17. The van der Waals surface area contributed by atoms with Gasteiger partial charge in [-0.25, -0.2) is 9.48 Å². The van der Waals surface area contributed by atoms with Crippen LogP contribution in [-0.2, 0) is 22.7 Å². The smallest absolute Gasteiger partial charge is 0.407 e. The Morgan fingerprint density at radius 1 is 0.912 bits per heavy atom. The minimum absolute atomic E-state index is 0.149. The van der Waals surface area contributed by atoms with Crippen molar-refractivity contribution in [3.63, 3.8) is 0 Å². The van der Waals surface area contributed by atoms with Gasteiger partial charge >= 0.3 is 6.09 Å². The molecule has 0 aliphatic carbocycles. The Hall–Kier alpha value is -4.39. The van der Waals surface area contributed by atoms with Crippen LogP contribution in [0.25, 0.3) is 16.9 Å². The number of nitrogens with zero attached hydrogens (tertiary/aromatic N) is 3. The first-order valence-electron chi connectivity index (χ1n) is 11.0. The van der Waals surface area contributed by atoms with E-state index in [9.17, 15) is 9.59 Å². The van der Waals surface area contributed by atoms with E-state index in [0.29, 0.717) is 6.54 Å². The van der Waals surface area contributed by atoms with Crippen molar-refractivity contribution >= 4 is 12.0 Å². The van der Waals surface area contributed by atoms with E-state index in [2.05, 4.69) is 5.32 Å². The van der Waals surface area contributed by atoms with Crippen LogP contribution in [0.5, 0.6) is 0 Å². The number of likely N-dealkylation sites (N-methyl/N-ethyl adjacent to an activating group) is 1. The van der Waals surface area contributed by atoms with E-state index in [0.717, 1.165) is 28.1 Å². The molecule has 0 saturated carbocycles. The molecule has 1 N–H and O–H groups in total. The molecule has 3 aromatic carbocycles. The van der Waals surface area contributed by atoms with Crippen LogP contribution < -0.4 is 5.32 Å². The summed E-state index contributed by atoms with van der Waals surface area (Å²) in [5, 5.41) is 7.30. The number of rotatable bonds is 8. The lowest BCUT2D eigenvalue weighted by molar-refractivity contribution is -0.129. The van der Waals surface area contributed by atoms with E-state index in [1.165, 1.54) is 0 Å². The van der Waals surface area contributed by atoms with Gasteiger partial charge in [0.15, 0.2) is 0 Å². The predicted molar refractivity (Wildman–Crippen MR) is 130 cm³/mol. The molecule has 4 aromatic rings. The molecule has 0 atom stereocenters. The number of hydrogen-bond acceptors (Lipinski definition) is 4. The number of benzene rings is 3. The lowest BCUT2D eigenvalue weighted by Crippen LogP contribution is -2.38. The van der Waals surface area contributed by atoms with Crippen molar-refractivity contribution in [1.82, 2.24) is 20.0 Å². The quantitative estimate of drug-likeness (QED) is 0.428. The Labute approximate surface area is 198 Å². The van der Waals surface area contributed by atoms with Crippen LogP contribution in [0.15, 0.2) is 97.2 Å². The van der Waals surface area contributed by atoms with E-state index >= 15 is 0 Å². The molecule has 0 aliphatic rings. The third-order valence-corrected chi connectivity index (χ3v) is 5.29. The Kier molecular flexibility index (Phi) is 7.35. The first kappa shape index (κ1) is 22.8. The average Bonchev–Trinajstić information content (AvgIpc) is 3.31. The topological polar surface area (TPSA) is 76.5 Å². The minimum Gasteiger partial charge on any atom is -0.445 e. The molecular weight excluding hydrogens is 428 g/mol. The zero-order chi connectivity index (χ0) is 23.8. The molecule has 0 radical (unpaired) electrons. The average molecular weight is 455 g/mol. The standard InChI is InChI=1S/C27H26N4O3/c1-30(25(32)17-28-27(33)34-20-21-11-5-2-6-12-21)18-23-19-31(24-15-9-4-10-16-24)29-26(23)22-13-7-3-8-14-22/h2-16,19H,17-18,20H2,1H3,(H,28,33). The van der Waals surface area contributed by atoms with Gasteiger partial charge in [-0.15, -0.1) is 0 Å². The summed E-state index contributed by atoms with van der Waals surface area (Å²) < 4.78 is 6.99. The van der Waals surface area contributed by atoms with Gasteiger partial charge in [0, 0.05) is 30.9 Å². The largest absolute Gasteiger partial charge is 0.445 e. The first-order chi connectivity index (χ1) is 16.6.